The first kappa shape index (κ1) is 18.4. The van der Waals surface area contributed by atoms with Gasteiger partial charge in [-0.2, -0.15) is 0 Å². The van der Waals surface area contributed by atoms with E-state index in [-0.39, 0.29) is 0 Å². The zero-order valence-electron chi connectivity index (χ0n) is 13.9. The minimum absolute atomic E-state index is 0.629. The van der Waals surface area contributed by atoms with Crippen molar-refractivity contribution in [2.24, 2.45) is 0 Å². The third-order valence-corrected chi connectivity index (χ3v) is 4.42. The van der Waals surface area contributed by atoms with Crippen LogP contribution in [0.3, 0.4) is 0 Å². The first-order valence-electron chi connectivity index (χ1n) is 8.31. The van der Waals surface area contributed by atoms with Crippen molar-refractivity contribution >= 4 is 5.97 Å². The second-order valence-corrected chi connectivity index (χ2v) is 6.03. The van der Waals surface area contributed by atoms with E-state index < -0.39 is 11.5 Å². The minimum atomic E-state index is -0.757. The number of nitrogens with one attached hydrogen (secondary N) is 1. The highest BCUT2D eigenvalue weighted by atomic mass is 16.5. The summed E-state index contributed by atoms with van der Waals surface area (Å²) in [6, 6.07) is 0.699. The third-order valence-electron chi connectivity index (χ3n) is 4.42. The zero-order valence-corrected chi connectivity index (χ0v) is 13.9. The normalized spacial score (nSPS) is 17.9. The largest absolute Gasteiger partial charge is 0.480 e. The van der Waals surface area contributed by atoms with Crippen molar-refractivity contribution in [1.82, 2.24) is 10.2 Å². The average molecular weight is 300 g/mol. The van der Waals surface area contributed by atoms with Gasteiger partial charge in [-0.05, 0) is 51.6 Å². The Morgan fingerprint density at radius 3 is 2.57 bits per heavy atom. The first-order valence-corrected chi connectivity index (χ1v) is 8.31. The summed E-state index contributed by atoms with van der Waals surface area (Å²) in [5.41, 5.74) is -0.757. The highest BCUT2D eigenvalue weighted by Crippen LogP contribution is 2.27. The van der Waals surface area contributed by atoms with Gasteiger partial charge < -0.3 is 15.2 Å². The molecule has 0 heterocycles. The van der Waals surface area contributed by atoms with E-state index in [0.29, 0.717) is 18.9 Å². The second-order valence-electron chi connectivity index (χ2n) is 6.03. The Balaban J connectivity index is 2.45. The van der Waals surface area contributed by atoms with Crippen LogP contribution in [-0.4, -0.2) is 60.9 Å². The second kappa shape index (κ2) is 9.38. The smallest absolute Gasteiger partial charge is 0.323 e. The van der Waals surface area contributed by atoms with Crippen molar-refractivity contribution in [3.8, 4) is 0 Å². The van der Waals surface area contributed by atoms with Crippen LogP contribution in [0.1, 0.15) is 52.4 Å². The summed E-state index contributed by atoms with van der Waals surface area (Å²) in [7, 11) is 1.73. The number of aliphatic carboxylic acids is 1. The van der Waals surface area contributed by atoms with Crippen LogP contribution >= 0.6 is 0 Å². The van der Waals surface area contributed by atoms with E-state index in [0.717, 1.165) is 39.1 Å². The number of carboxylic acid groups (broad SMARTS) is 1. The standard InChI is InChI=1S/C16H32N2O3/c1-4-10-17-16(5-2,15(19)20)9-6-11-18(12-13-21-3)14-7-8-14/h14,17H,4-13H2,1-3H3,(H,19,20). The molecule has 1 aliphatic rings. The predicted molar refractivity (Wildman–Crippen MR) is 84.7 cm³/mol. The maximum absolute atomic E-state index is 11.7. The summed E-state index contributed by atoms with van der Waals surface area (Å²) in [5, 5.41) is 12.8. The number of nitrogens with zero attached hydrogens (tertiary/aromatic N) is 1. The van der Waals surface area contributed by atoms with E-state index in [1.54, 1.807) is 7.11 Å². The van der Waals surface area contributed by atoms with Crippen LogP contribution in [-0.2, 0) is 9.53 Å². The summed E-state index contributed by atoms with van der Waals surface area (Å²) in [6.45, 7) is 7.46. The molecule has 1 unspecified atom stereocenters. The fourth-order valence-electron chi connectivity index (χ4n) is 2.80. The Morgan fingerprint density at radius 2 is 2.10 bits per heavy atom. The van der Waals surface area contributed by atoms with Crippen LogP contribution in [0.4, 0.5) is 0 Å². The molecule has 21 heavy (non-hydrogen) atoms. The van der Waals surface area contributed by atoms with Gasteiger partial charge in [0.1, 0.15) is 5.54 Å². The van der Waals surface area contributed by atoms with Crippen LogP contribution in [0.15, 0.2) is 0 Å². The van der Waals surface area contributed by atoms with Crippen LogP contribution in [0.25, 0.3) is 0 Å². The fourth-order valence-corrected chi connectivity index (χ4v) is 2.80. The lowest BCUT2D eigenvalue weighted by Crippen LogP contribution is -2.52. The Hall–Kier alpha value is -0.650. The number of ether oxygens (including phenoxy) is 1. The van der Waals surface area contributed by atoms with Gasteiger partial charge in [-0.1, -0.05) is 13.8 Å². The molecule has 124 valence electrons. The summed E-state index contributed by atoms with van der Waals surface area (Å²) in [4.78, 5) is 14.1. The van der Waals surface area contributed by atoms with E-state index in [1.807, 2.05) is 6.92 Å². The predicted octanol–water partition coefficient (Wildman–Crippen LogP) is 2.11. The maximum Gasteiger partial charge on any atom is 0.323 e. The van der Waals surface area contributed by atoms with Crippen molar-refractivity contribution < 1.29 is 14.6 Å². The molecule has 0 radical (unpaired) electrons. The quantitative estimate of drug-likeness (QED) is 0.545. The van der Waals surface area contributed by atoms with Gasteiger partial charge in [0.15, 0.2) is 0 Å². The molecule has 0 aromatic rings. The summed E-state index contributed by atoms with van der Waals surface area (Å²) < 4.78 is 5.16. The van der Waals surface area contributed by atoms with E-state index in [9.17, 15) is 9.90 Å². The molecule has 0 spiro atoms. The average Bonchev–Trinajstić information content (AvgIpc) is 3.30. The van der Waals surface area contributed by atoms with E-state index in [2.05, 4.69) is 17.1 Å². The lowest BCUT2D eigenvalue weighted by Gasteiger charge is -2.31. The molecular weight excluding hydrogens is 268 g/mol. The van der Waals surface area contributed by atoms with Gasteiger partial charge in [0, 0.05) is 19.7 Å². The molecule has 0 aromatic heterocycles. The molecular formula is C16H32N2O3. The summed E-state index contributed by atoms with van der Waals surface area (Å²) in [5.74, 6) is -0.715. The highest BCUT2D eigenvalue weighted by molar-refractivity contribution is 5.78. The van der Waals surface area contributed by atoms with Crippen molar-refractivity contribution in [2.45, 2.75) is 64.0 Å². The van der Waals surface area contributed by atoms with E-state index >= 15 is 0 Å². The van der Waals surface area contributed by atoms with Crippen LogP contribution < -0.4 is 5.32 Å². The van der Waals surface area contributed by atoms with E-state index in [4.69, 9.17) is 4.74 Å². The van der Waals surface area contributed by atoms with Gasteiger partial charge in [0.25, 0.3) is 0 Å². The highest BCUT2D eigenvalue weighted by Gasteiger charge is 2.36. The molecule has 0 amide bonds. The molecule has 1 fully saturated rings. The van der Waals surface area contributed by atoms with Gasteiger partial charge in [0.05, 0.1) is 6.61 Å². The number of carbonyl (C=O) groups is 1. The third kappa shape index (κ3) is 5.93. The van der Waals surface area contributed by atoms with Gasteiger partial charge in [-0.25, -0.2) is 0 Å². The van der Waals surface area contributed by atoms with Crippen molar-refractivity contribution in [3.63, 3.8) is 0 Å². The molecule has 0 aliphatic heterocycles. The van der Waals surface area contributed by atoms with E-state index in [1.165, 1.54) is 12.8 Å². The Morgan fingerprint density at radius 1 is 1.38 bits per heavy atom. The van der Waals surface area contributed by atoms with Crippen molar-refractivity contribution in [1.29, 1.82) is 0 Å². The molecule has 1 saturated carbocycles. The number of carboxylic acids is 1. The SMILES string of the molecule is CCCNC(CC)(CCCN(CCOC)C1CC1)C(=O)O. The molecule has 2 N–H and O–H groups in total. The Bertz CT molecular complexity index is 308. The molecule has 5 nitrogen and oxygen atoms in total. The fraction of sp³-hybridized carbons (Fsp3) is 0.938. The minimum Gasteiger partial charge on any atom is -0.480 e. The van der Waals surface area contributed by atoms with Gasteiger partial charge in [0.2, 0.25) is 0 Å². The van der Waals surface area contributed by atoms with Crippen LogP contribution in [0, 0.1) is 0 Å². The molecule has 0 saturated heterocycles. The van der Waals surface area contributed by atoms with Crippen molar-refractivity contribution in [3.05, 3.63) is 0 Å². The number of hydrogen-bond acceptors (Lipinski definition) is 4. The van der Waals surface area contributed by atoms with Gasteiger partial charge in [-0.15, -0.1) is 0 Å². The number of rotatable bonds is 13. The zero-order chi connectivity index (χ0) is 15.7. The molecule has 1 rings (SSSR count). The first-order chi connectivity index (χ1) is 10.1. The van der Waals surface area contributed by atoms with Crippen LogP contribution in [0.5, 0.6) is 0 Å². The monoisotopic (exact) mass is 300 g/mol. The Labute approximate surface area is 129 Å². The maximum atomic E-state index is 11.7. The molecule has 1 atom stereocenters. The van der Waals surface area contributed by atoms with Crippen LogP contribution in [0.2, 0.25) is 0 Å². The number of hydrogen-bond donors (Lipinski definition) is 2. The van der Waals surface area contributed by atoms with Gasteiger partial charge >= 0.3 is 5.97 Å². The molecule has 5 heteroatoms. The Kier molecular flexibility index (Phi) is 8.22. The lowest BCUT2D eigenvalue weighted by atomic mass is 9.90. The summed E-state index contributed by atoms with van der Waals surface area (Å²) >= 11 is 0. The molecule has 0 aromatic carbocycles. The topological polar surface area (TPSA) is 61.8 Å². The molecule has 0 bridgehead atoms. The molecule has 1 aliphatic carbocycles. The lowest BCUT2D eigenvalue weighted by molar-refractivity contribution is -0.145. The van der Waals surface area contributed by atoms with Crippen molar-refractivity contribution in [2.75, 3.05) is 33.4 Å². The summed E-state index contributed by atoms with van der Waals surface area (Å²) in [6.07, 6.45) is 5.73. The van der Waals surface area contributed by atoms with Gasteiger partial charge in [-0.3, -0.25) is 9.69 Å². The number of methoxy groups -OCH3 is 1.